The van der Waals surface area contributed by atoms with Crippen LogP contribution in [0, 0.1) is 0 Å². The van der Waals surface area contributed by atoms with Gasteiger partial charge < -0.3 is 10.4 Å². The standard InChI is InChI=1S/C16H16ClNO3S/c1-2-10-7-8-22-15(10)16(21)18-13(9-14(19)20)11-3-5-12(17)6-4-11/h3-8,13H,2,9H2,1H3,(H,18,21)(H,19,20)/t13-/m0/s1. The fourth-order valence-corrected chi connectivity index (χ4v) is 3.18. The second kappa shape index (κ2) is 7.42. The van der Waals surface area contributed by atoms with Crippen molar-refractivity contribution in [2.24, 2.45) is 0 Å². The summed E-state index contributed by atoms with van der Waals surface area (Å²) < 4.78 is 0. The van der Waals surface area contributed by atoms with Gasteiger partial charge in [0, 0.05) is 5.02 Å². The molecule has 0 aliphatic heterocycles. The van der Waals surface area contributed by atoms with Gasteiger partial charge in [-0.1, -0.05) is 30.7 Å². The average molecular weight is 338 g/mol. The van der Waals surface area contributed by atoms with E-state index in [0.29, 0.717) is 9.90 Å². The summed E-state index contributed by atoms with van der Waals surface area (Å²) in [7, 11) is 0. The normalized spacial score (nSPS) is 11.9. The van der Waals surface area contributed by atoms with E-state index in [1.807, 2.05) is 18.4 Å². The highest BCUT2D eigenvalue weighted by molar-refractivity contribution is 7.12. The molecule has 0 aliphatic rings. The predicted molar refractivity (Wildman–Crippen MR) is 87.6 cm³/mol. The maximum atomic E-state index is 12.4. The van der Waals surface area contributed by atoms with Crippen molar-refractivity contribution in [1.29, 1.82) is 0 Å². The molecule has 1 heterocycles. The minimum absolute atomic E-state index is 0.180. The first-order chi connectivity index (χ1) is 10.5. The quantitative estimate of drug-likeness (QED) is 0.839. The molecule has 0 bridgehead atoms. The SMILES string of the molecule is CCc1ccsc1C(=O)N[C@@H](CC(=O)O)c1ccc(Cl)cc1. The molecule has 0 aliphatic carbocycles. The van der Waals surface area contributed by atoms with E-state index < -0.39 is 12.0 Å². The highest BCUT2D eigenvalue weighted by Gasteiger charge is 2.20. The Hall–Kier alpha value is -1.85. The van der Waals surface area contributed by atoms with Gasteiger partial charge in [0.05, 0.1) is 17.3 Å². The van der Waals surface area contributed by atoms with E-state index in [1.165, 1.54) is 11.3 Å². The number of halogens is 1. The smallest absolute Gasteiger partial charge is 0.305 e. The Balaban J connectivity index is 2.21. The van der Waals surface area contributed by atoms with Crippen molar-refractivity contribution < 1.29 is 14.7 Å². The summed E-state index contributed by atoms with van der Waals surface area (Å²) in [6.45, 7) is 1.98. The third-order valence-corrected chi connectivity index (χ3v) is 4.50. The van der Waals surface area contributed by atoms with Gasteiger partial charge in [0.2, 0.25) is 0 Å². The number of carbonyl (C=O) groups excluding carboxylic acids is 1. The molecule has 0 radical (unpaired) electrons. The number of amides is 1. The van der Waals surface area contributed by atoms with E-state index in [9.17, 15) is 9.59 Å². The zero-order valence-corrected chi connectivity index (χ0v) is 13.6. The Morgan fingerprint density at radius 2 is 1.95 bits per heavy atom. The van der Waals surface area contributed by atoms with E-state index in [4.69, 9.17) is 16.7 Å². The molecule has 0 fully saturated rings. The van der Waals surface area contributed by atoms with Crippen molar-refractivity contribution in [2.45, 2.75) is 25.8 Å². The number of carbonyl (C=O) groups is 2. The Labute approximate surface area is 137 Å². The van der Waals surface area contributed by atoms with Crippen LogP contribution in [-0.2, 0) is 11.2 Å². The molecule has 4 nitrogen and oxygen atoms in total. The number of nitrogens with one attached hydrogen (secondary N) is 1. The number of hydrogen-bond donors (Lipinski definition) is 2. The number of aliphatic carboxylic acids is 1. The molecule has 0 spiro atoms. The molecular weight excluding hydrogens is 322 g/mol. The molecule has 1 atom stereocenters. The lowest BCUT2D eigenvalue weighted by atomic mass is 10.0. The van der Waals surface area contributed by atoms with Crippen molar-refractivity contribution in [3.05, 3.63) is 56.7 Å². The fraction of sp³-hybridized carbons (Fsp3) is 0.250. The molecule has 0 saturated carbocycles. The maximum absolute atomic E-state index is 12.4. The number of carboxylic acid groups (broad SMARTS) is 1. The lowest BCUT2D eigenvalue weighted by Gasteiger charge is -2.17. The van der Waals surface area contributed by atoms with E-state index in [-0.39, 0.29) is 12.3 Å². The van der Waals surface area contributed by atoms with Crippen molar-refractivity contribution in [3.63, 3.8) is 0 Å². The lowest BCUT2D eigenvalue weighted by molar-refractivity contribution is -0.137. The zero-order chi connectivity index (χ0) is 16.1. The maximum Gasteiger partial charge on any atom is 0.305 e. The second-order valence-electron chi connectivity index (χ2n) is 4.80. The van der Waals surface area contributed by atoms with Crippen LogP contribution in [0.3, 0.4) is 0 Å². The second-order valence-corrected chi connectivity index (χ2v) is 6.16. The summed E-state index contributed by atoms with van der Waals surface area (Å²) in [5, 5.41) is 14.3. The van der Waals surface area contributed by atoms with Gasteiger partial charge in [-0.3, -0.25) is 9.59 Å². The molecule has 116 valence electrons. The molecule has 2 N–H and O–H groups in total. The van der Waals surface area contributed by atoms with Crippen LogP contribution in [0.1, 0.15) is 40.2 Å². The topological polar surface area (TPSA) is 66.4 Å². The fourth-order valence-electron chi connectivity index (χ4n) is 2.16. The third kappa shape index (κ3) is 4.08. The Morgan fingerprint density at radius 1 is 1.27 bits per heavy atom. The van der Waals surface area contributed by atoms with Crippen LogP contribution in [0.15, 0.2) is 35.7 Å². The first kappa shape index (κ1) is 16.5. The third-order valence-electron chi connectivity index (χ3n) is 3.29. The van der Waals surface area contributed by atoms with Gasteiger partial charge in [-0.2, -0.15) is 0 Å². The minimum atomic E-state index is -0.970. The van der Waals surface area contributed by atoms with Crippen molar-refractivity contribution in [3.8, 4) is 0 Å². The predicted octanol–water partition coefficient (Wildman–Crippen LogP) is 3.91. The Bertz CT molecular complexity index is 666. The first-order valence-corrected chi connectivity index (χ1v) is 8.11. The number of thiophene rings is 1. The first-order valence-electron chi connectivity index (χ1n) is 6.85. The number of aryl methyl sites for hydroxylation is 1. The van der Waals surface area contributed by atoms with Gasteiger partial charge in [-0.05, 0) is 41.1 Å². The van der Waals surface area contributed by atoms with Crippen LogP contribution in [0.4, 0.5) is 0 Å². The van der Waals surface area contributed by atoms with Gasteiger partial charge in [0.15, 0.2) is 0 Å². The zero-order valence-electron chi connectivity index (χ0n) is 12.0. The monoisotopic (exact) mass is 337 g/mol. The molecule has 2 aromatic rings. The summed E-state index contributed by atoms with van der Waals surface area (Å²) in [5.41, 5.74) is 1.68. The number of benzene rings is 1. The van der Waals surface area contributed by atoms with E-state index >= 15 is 0 Å². The highest BCUT2D eigenvalue weighted by atomic mass is 35.5. The summed E-state index contributed by atoms with van der Waals surface area (Å²) in [4.78, 5) is 24.1. The summed E-state index contributed by atoms with van der Waals surface area (Å²) in [5.74, 6) is -1.21. The van der Waals surface area contributed by atoms with Crippen LogP contribution < -0.4 is 5.32 Å². The van der Waals surface area contributed by atoms with Crippen molar-refractivity contribution in [1.82, 2.24) is 5.32 Å². The molecule has 1 aromatic carbocycles. The molecule has 2 rings (SSSR count). The van der Waals surface area contributed by atoms with Crippen molar-refractivity contribution >= 4 is 34.8 Å². The van der Waals surface area contributed by atoms with E-state index in [0.717, 1.165) is 17.5 Å². The van der Waals surface area contributed by atoms with Crippen LogP contribution >= 0.6 is 22.9 Å². The van der Waals surface area contributed by atoms with E-state index in [1.54, 1.807) is 24.3 Å². The van der Waals surface area contributed by atoms with Gasteiger partial charge >= 0.3 is 5.97 Å². The van der Waals surface area contributed by atoms with Crippen LogP contribution in [0.2, 0.25) is 5.02 Å². The van der Waals surface area contributed by atoms with E-state index in [2.05, 4.69) is 5.32 Å². The molecule has 1 aromatic heterocycles. The Morgan fingerprint density at radius 3 is 2.55 bits per heavy atom. The number of carboxylic acids is 1. The Kier molecular flexibility index (Phi) is 5.57. The molecule has 6 heteroatoms. The highest BCUT2D eigenvalue weighted by Crippen LogP contribution is 2.22. The molecule has 1 amide bonds. The minimum Gasteiger partial charge on any atom is -0.481 e. The molecule has 0 unspecified atom stereocenters. The molecular formula is C16H16ClNO3S. The van der Waals surface area contributed by atoms with Crippen LogP contribution in [0.25, 0.3) is 0 Å². The summed E-state index contributed by atoms with van der Waals surface area (Å²) in [6, 6.07) is 8.14. The van der Waals surface area contributed by atoms with Gasteiger partial charge in [-0.25, -0.2) is 0 Å². The molecule has 22 heavy (non-hydrogen) atoms. The van der Waals surface area contributed by atoms with Crippen LogP contribution in [-0.4, -0.2) is 17.0 Å². The number of hydrogen-bond acceptors (Lipinski definition) is 3. The summed E-state index contributed by atoms with van der Waals surface area (Å²) in [6.07, 6.45) is 0.580. The average Bonchev–Trinajstić information content (AvgIpc) is 2.95. The largest absolute Gasteiger partial charge is 0.481 e. The van der Waals surface area contributed by atoms with Crippen LogP contribution in [0.5, 0.6) is 0 Å². The molecule has 0 saturated heterocycles. The van der Waals surface area contributed by atoms with Gasteiger partial charge in [-0.15, -0.1) is 11.3 Å². The number of rotatable bonds is 6. The lowest BCUT2D eigenvalue weighted by Crippen LogP contribution is -2.30. The summed E-state index contributed by atoms with van der Waals surface area (Å²) >= 11 is 7.21. The van der Waals surface area contributed by atoms with Gasteiger partial charge in [0.1, 0.15) is 0 Å². The van der Waals surface area contributed by atoms with Gasteiger partial charge in [0.25, 0.3) is 5.91 Å². The van der Waals surface area contributed by atoms with Crippen molar-refractivity contribution in [2.75, 3.05) is 0 Å².